The molecule has 0 spiro atoms. The first kappa shape index (κ1) is 12.2. The van der Waals surface area contributed by atoms with Gasteiger partial charge in [-0.05, 0) is 42.5 Å². The molecule has 4 heteroatoms. The van der Waals surface area contributed by atoms with Crippen LogP contribution in [-0.2, 0) is 6.54 Å². The zero-order valence-corrected chi connectivity index (χ0v) is 10.7. The van der Waals surface area contributed by atoms with Gasteiger partial charge in [-0.2, -0.15) is 0 Å². The normalized spacial score (nSPS) is 11.1. The van der Waals surface area contributed by atoms with Crippen molar-refractivity contribution >= 4 is 22.5 Å². The second-order valence-electron chi connectivity index (χ2n) is 4.38. The molecule has 1 nitrogen and oxygen atoms in total. The van der Waals surface area contributed by atoms with Gasteiger partial charge in [0.2, 0.25) is 0 Å². The summed E-state index contributed by atoms with van der Waals surface area (Å²) < 4.78 is 28.7. The lowest BCUT2D eigenvalue weighted by atomic mass is 10.2. The topological polar surface area (TPSA) is 4.93 Å². The average Bonchev–Trinajstić information content (AvgIpc) is 2.76. The maximum atomic E-state index is 13.7. The third-order valence-electron chi connectivity index (χ3n) is 3.08. The van der Waals surface area contributed by atoms with Gasteiger partial charge < -0.3 is 4.57 Å². The molecule has 0 amide bonds. The summed E-state index contributed by atoms with van der Waals surface area (Å²) >= 11 is 5.87. The van der Waals surface area contributed by atoms with Gasteiger partial charge >= 0.3 is 0 Å². The number of rotatable bonds is 2. The molecule has 0 atom stereocenters. The van der Waals surface area contributed by atoms with E-state index in [1.165, 1.54) is 24.3 Å². The molecule has 1 heterocycles. The van der Waals surface area contributed by atoms with Gasteiger partial charge in [-0.3, -0.25) is 0 Å². The number of hydrogen-bond acceptors (Lipinski definition) is 0. The molecule has 0 fully saturated rings. The quantitative estimate of drug-likeness (QED) is 0.644. The molecule has 2 aromatic carbocycles. The second kappa shape index (κ2) is 4.67. The zero-order valence-electron chi connectivity index (χ0n) is 9.91. The van der Waals surface area contributed by atoms with Crippen LogP contribution in [0.3, 0.4) is 0 Å². The van der Waals surface area contributed by atoms with E-state index in [1.807, 2.05) is 10.8 Å². The molecule has 3 rings (SSSR count). The van der Waals surface area contributed by atoms with Crippen LogP contribution in [0.1, 0.15) is 5.56 Å². The van der Waals surface area contributed by atoms with Crippen LogP contribution < -0.4 is 0 Å². The minimum Gasteiger partial charge on any atom is -0.343 e. The van der Waals surface area contributed by atoms with E-state index < -0.39 is 0 Å². The molecule has 0 radical (unpaired) electrons. The van der Waals surface area contributed by atoms with Gasteiger partial charge in [0.25, 0.3) is 0 Å². The highest BCUT2D eigenvalue weighted by molar-refractivity contribution is 6.30. The highest BCUT2D eigenvalue weighted by atomic mass is 35.5. The average molecular weight is 278 g/mol. The standard InChI is InChI=1S/C15H10ClF2N/c16-12-1-3-14(18)11(7-12)9-19-6-5-10-8-13(17)2-4-15(10)19/h1-8H,9H2. The van der Waals surface area contributed by atoms with Crippen molar-refractivity contribution in [2.45, 2.75) is 6.54 Å². The van der Waals surface area contributed by atoms with Crippen molar-refractivity contribution in [1.29, 1.82) is 0 Å². The van der Waals surface area contributed by atoms with E-state index in [1.54, 1.807) is 18.2 Å². The van der Waals surface area contributed by atoms with E-state index in [0.29, 0.717) is 17.1 Å². The summed E-state index contributed by atoms with van der Waals surface area (Å²) in [6, 6.07) is 10.8. The van der Waals surface area contributed by atoms with Crippen LogP contribution in [0.2, 0.25) is 5.02 Å². The predicted octanol–water partition coefficient (Wildman–Crippen LogP) is 4.62. The van der Waals surface area contributed by atoms with Crippen molar-refractivity contribution in [3.05, 3.63) is 70.9 Å². The van der Waals surface area contributed by atoms with Crippen LogP contribution in [-0.4, -0.2) is 4.57 Å². The third-order valence-corrected chi connectivity index (χ3v) is 3.32. The number of halogens is 3. The molecule has 0 N–H and O–H groups in total. The van der Waals surface area contributed by atoms with Crippen LogP contribution in [0.4, 0.5) is 8.78 Å². The molecule has 0 saturated carbocycles. The van der Waals surface area contributed by atoms with Crippen molar-refractivity contribution in [1.82, 2.24) is 4.57 Å². The summed E-state index contributed by atoms with van der Waals surface area (Å²) in [4.78, 5) is 0. The molecule has 19 heavy (non-hydrogen) atoms. The Kier molecular flexibility index (Phi) is 2.99. The summed E-state index contributed by atoms with van der Waals surface area (Å²) in [6.07, 6.45) is 1.81. The summed E-state index contributed by atoms with van der Waals surface area (Å²) in [5, 5.41) is 1.29. The molecule has 3 aromatic rings. The van der Waals surface area contributed by atoms with E-state index in [0.717, 1.165) is 10.9 Å². The van der Waals surface area contributed by atoms with Gasteiger partial charge in [-0.25, -0.2) is 8.78 Å². The van der Waals surface area contributed by atoms with Gasteiger partial charge in [0.05, 0.1) is 6.54 Å². The van der Waals surface area contributed by atoms with Crippen LogP contribution >= 0.6 is 11.6 Å². The highest BCUT2D eigenvalue weighted by Gasteiger charge is 2.07. The number of nitrogens with zero attached hydrogens (tertiary/aromatic N) is 1. The van der Waals surface area contributed by atoms with E-state index in [-0.39, 0.29) is 11.6 Å². The fourth-order valence-electron chi connectivity index (χ4n) is 2.16. The Balaban J connectivity index is 2.03. The van der Waals surface area contributed by atoms with Crippen molar-refractivity contribution in [2.75, 3.05) is 0 Å². The fraction of sp³-hybridized carbons (Fsp3) is 0.0667. The minimum absolute atomic E-state index is 0.279. The monoisotopic (exact) mass is 277 g/mol. The Morgan fingerprint density at radius 2 is 1.84 bits per heavy atom. The Bertz CT molecular complexity index is 749. The summed E-state index contributed by atoms with van der Waals surface area (Å²) in [7, 11) is 0. The van der Waals surface area contributed by atoms with Gasteiger partial charge in [-0.1, -0.05) is 11.6 Å². The summed E-state index contributed by atoms with van der Waals surface area (Å²) in [6.45, 7) is 0.363. The van der Waals surface area contributed by atoms with Crippen molar-refractivity contribution in [3.8, 4) is 0 Å². The molecule has 0 unspecified atom stereocenters. The number of benzene rings is 2. The fourth-order valence-corrected chi connectivity index (χ4v) is 2.35. The van der Waals surface area contributed by atoms with E-state index in [4.69, 9.17) is 11.6 Å². The SMILES string of the molecule is Fc1ccc2c(ccn2Cc2cc(Cl)ccc2F)c1. The largest absolute Gasteiger partial charge is 0.343 e. The molecular formula is C15H10ClF2N. The molecule has 96 valence electrons. The van der Waals surface area contributed by atoms with Gasteiger partial charge in [0.1, 0.15) is 11.6 Å². The van der Waals surface area contributed by atoms with Crippen molar-refractivity contribution < 1.29 is 8.78 Å². The van der Waals surface area contributed by atoms with Gasteiger partial charge in [0, 0.05) is 27.7 Å². The number of fused-ring (bicyclic) bond motifs is 1. The van der Waals surface area contributed by atoms with Crippen molar-refractivity contribution in [2.24, 2.45) is 0 Å². The molecule has 0 aliphatic rings. The molecule has 0 bridgehead atoms. The van der Waals surface area contributed by atoms with E-state index in [2.05, 4.69) is 0 Å². The maximum absolute atomic E-state index is 13.7. The Morgan fingerprint density at radius 3 is 2.68 bits per heavy atom. The van der Waals surface area contributed by atoms with Crippen LogP contribution in [0, 0.1) is 11.6 Å². The lowest BCUT2D eigenvalue weighted by molar-refractivity contribution is 0.602. The maximum Gasteiger partial charge on any atom is 0.128 e. The van der Waals surface area contributed by atoms with Gasteiger partial charge in [-0.15, -0.1) is 0 Å². The van der Waals surface area contributed by atoms with Crippen LogP contribution in [0.5, 0.6) is 0 Å². The Hall–Kier alpha value is -1.87. The van der Waals surface area contributed by atoms with E-state index >= 15 is 0 Å². The highest BCUT2D eigenvalue weighted by Crippen LogP contribution is 2.21. The molecule has 0 saturated heterocycles. The molecule has 1 aromatic heterocycles. The van der Waals surface area contributed by atoms with Crippen LogP contribution in [0.15, 0.2) is 48.7 Å². The van der Waals surface area contributed by atoms with E-state index in [9.17, 15) is 8.78 Å². The number of hydrogen-bond donors (Lipinski definition) is 0. The third kappa shape index (κ3) is 2.34. The zero-order chi connectivity index (χ0) is 13.4. The second-order valence-corrected chi connectivity index (χ2v) is 4.82. The molecule has 0 aliphatic carbocycles. The lowest BCUT2D eigenvalue weighted by Crippen LogP contribution is -2.00. The summed E-state index contributed by atoms with van der Waals surface area (Å²) in [5.74, 6) is -0.576. The summed E-state index contributed by atoms with van der Waals surface area (Å²) in [5.41, 5.74) is 1.37. The van der Waals surface area contributed by atoms with Crippen LogP contribution in [0.25, 0.3) is 10.9 Å². The smallest absolute Gasteiger partial charge is 0.128 e. The lowest BCUT2D eigenvalue weighted by Gasteiger charge is -2.07. The molecule has 0 aliphatic heterocycles. The minimum atomic E-state index is -0.298. The predicted molar refractivity (Wildman–Crippen MR) is 72.4 cm³/mol. The Morgan fingerprint density at radius 1 is 1.00 bits per heavy atom. The molecular weight excluding hydrogens is 268 g/mol. The Labute approximate surface area is 114 Å². The first-order chi connectivity index (χ1) is 9.13. The van der Waals surface area contributed by atoms with Crippen molar-refractivity contribution in [3.63, 3.8) is 0 Å². The first-order valence-electron chi connectivity index (χ1n) is 5.82. The number of aromatic nitrogens is 1. The van der Waals surface area contributed by atoms with Gasteiger partial charge in [0.15, 0.2) is 0 Å². The first-order valence-corrected chi connectivity index (χ1v) is 6.19.